The molecule has 5 aromatic heterocycles. The largest absolute Gasteiger partial charge is 0.504 e. The molecule has 47 heavy (non-hydrogen) atoms. The lowest BCUT2D eigenvalue weighted by Gasteiger charge is -2.15. The number of aromatic nitrogens is 7. The fourth-order valence-corrected chi connectivity index (χ4v) is 5.55. The summed E-state index contributed by atoms with van der Waals surface area (Å²) >= 11 is 0. The molecule has 1 saturated carbocycles. The number of pyridine rings is 2. The summed E-state index contributed by atoms with van der Waals surface area (Å²) in [7, 11) is 2.77. The highest BCUT2D eigenvalue weighted by molar-refractivity contribution is 5.94. The molecular weight excluding hydrogens is 631 g/mol. The van der Waals surface area contributed by atoms with Gasteiger partial charge < -0.3 is 40.4 Å². The number of carbonyl (C=O) groups is 1. The van der Waals surface area contributed by atoms with Crippen molar-refractivity contribution in [1.29, 1.82) is 0 Å². The van der Waals surface area contributed by atoms with E-state index in [2.05, 4.69) is 30.9 Å². The first-order valence-corrected chi connectivity index (χ1v) is 14.2. The van der Waals surface area contributed by atoms with Crippen LogP contribution in [0.3, 0.4) is 0 Å². The predicted octanol–water partition coefficient (Wildman–Crippen LogP) is 2.65. The van der Waals surface area contributed by atoms with Crippen molar-refractivity contribution in [3.8, 4) is 11.1 Å². The van der Waals surface area contributed by atoms with Crippen molar-refractivity contribution in [3.05, 3.63) is 53.5 Å². The number of nitrogens with two attached hydrogens (primary N) is 1. The van der Waals surface area contributed by atoms with Gasteiger partial charge in [-0.25, -0.2) is 24.1 Å². The van der Waals surface area contributed by atoms with Crippen LogP contribution in [0.4, 0.5) is 29.6 Å². The summed E-state index contributed by atoms with van der Waals surface area (Å²) in [6.07, 6.45) is -0.663. The van der Waals surface area contributed by atoms with Crippen molar-refractivity contribution in [1.82, 2.24) is 33.4 Å². The molecule has 1 aliphatic carbocycles. The zero-order chi connectivity index (χ0) is 34.1. The van der Waals surface area contributed by atoms with Gasteiger partial charge in [-0.3, -0.25) is 4.57 Å². The summed E-state index contributed by atoms with van der Waals surface area (Å²) in [5, 5.41) is 36.2. The van der Waals surface area contributed by atoms with E-state index in [1.807, 2.05) is 4.57 Å². The van der Waals surface area contributed by atoms with Gasteiger partial charge in [-0.1, -0.05) is 12.8 Å². The van der Waals surface area contributed by atoms with Gasteiger partial charge in [-0.15, -0.1) is 13.2 Å². The zero-order valence-corrected chi connectivity index (χ0v) is 25.2. The second kappa shape index (κ2) is 13.0. The number of primary amides is 1. The van der Waals surface area contributed by atoms with Crippen LogP contribution in [0.15, 0.2) is 47.8 Å². The van der Waals surface area contributed by atoms with E-state index in [-0.39, 0.29) is 27.6 Å². The van der Waals surface area contributed by atoms with Gasteiger partial charge in [-0.05, 0) is 25.0 Å². The Morgan fingerprint density at radius 3 is 2.36 bits per heavy atom. The summed E-state index contributed by atoms with van der Waals surface area (Å²) in [5.41, 5.74) is 5.72. The number of fused-ring (bicyclic) bond motifs is 2. The number of methoxy groups -OCH3 is 2. The molecule has 0 bridgehead atoms. The molecule has 1 amide bonds. The Balaban J connectivity index is 0.000000807. The summed E-state index contributed by atoms with van der Waals surface area (Å²) in [6.45, 7) is 0.805. The van der Waals surface area contributed by atoms with Gasteiger partial charge in [0.2, 0.25) is 0 Å². The lowest BCUT2D eigenvalue weighted by molar-refractivity contribution is -0.374. The maximum Gasteiger partial charge on any atom is 0.504 e. The van der Waals surface area contributed by atoms with E-state index in [1.165, 1.54) is 17.9 Å². The second-order valence-corrected chi connectivity index (χ2v) is 10.7. The molecule has 5 aromatic rings. The third kappa shape index (κ3) is 6.92. The Bertz CT molecular complexity index is 1950. The highest BCUT2D eigenvalue weighted by atomic mass is 19.4. The number of nitrogens with zero attached hydrogens (tertiary/aromatic N) is 7. The number of hydrogen-bond donors (Lipinski definition) is 5. The maximum absolute atomic E-state index is 13.2. The summed E-state index contributed by atoms with van der Waals surface area (Å²) in [5.74, 6) is 0.584. The number of anilines is 2. The van der Waals surface area contributed by atoms with Crippen LogP contribution in [0.1, 0.15) is 31.7 Å². The monoisotopic (exact) mass is 663 g/mol. The fraction of sp³-hybridized carbons (Fsp3) is 0.393. The molecule has 0 spiro atoms. The molecule has 0 radical (unpaired) electrons. The average Bonchev–Trinajstić information content (AvgIpc) is 3.80. The van der Waals surface area contributed by atoms with E-state index in [4.69, 9.17) is 4.74 Å². The first-order chi connectivity index (χ1) is 22.2. The minimum absolute atomic E-state index is 0.0209. The van der Waals surface area contributed by atoms with Crippen LogP contribution in [0, 0.1) is 0 Å². The number of carbonyl (C=O) groups excluding carboxylic acids is 1. The molecule has 6 rings (SSSR count). The smallest absolute Gasteiger partial charge is 0.453 e. The Hall–Kier alpha value is -4.98. The Morgan fingerprint density at radius 1 is 1.06 bits per heavy atom. The first-order valence-electron chi connectivity index (χ1n) is 14.2. The second-order valence-electron chi connectivity index (χ2n) is 10.7. The number of amides is 1. The molecule has 0 atom stereocenters. The molecule has 0 aromatic carbocycles. The third-order valence-corrected chi connectivity index (χ3v) is 7.62. The Labute approximate surface area is 263 Å². The number of halogens is 3. The molecule has 0 aliphatic heterocycles. The van der Waals surface area contributed by atoms with Crippen LogP contribution in [0.5, 0.6) is 0 Å². The SMILES string of the molecule is COC(N)=O.COCCn1cc(-c2cnn(C(F)(F)F)c2)c2nc(Nc3cc4c(cn3)n(C(O)(O)O)c(=O)n4C3CCCC3)ccc21. The Morgan fingerprint density at radius 2 is 1.77 bits per heavy atom. The topological polar surface area (TPSA) is 210 Å². The highest BCUT2D eigenvalue weighted by Gasteiger charge is 2.33. The van der Waals surface area contributed by atoms with Crippen LogP contribution < -0.4 is 16.7 Å². The predicted molar refractivity (Wildman–Crippen MR) is 160 cm³/mol. The van der Waals surface area contributed by atoms with E-state index in [1.54, 1.807) is 31.5 Å². The quantitative estimate of drug-likeness (QED) is 0.152. The van der Waals surface area contributed by atoms with Crippen molar-refractivity contribution in [2.75, 3.05) is 26.1 Å². The molecule has 252 valence electrons. The number of ether oxygens (including phenoxy) is 2. The van der Waals surface area contributed by atoms with Gasteiger partial charge in [0.15, 0.2) is 0 Å². The molecule has 19 heteroatoms. The van der Waals surface area contributed by atoms with Gasteiger partial charge in [0.05, 0.1) is 48.2 Å². The number of nitrogens with one attached hydrogen (secondary N) is 1. The number of rotatable bonds is 8. The zero-order valence-electron chi connectivity index (χ0n) is 25.2. The number of aliphatic hydroxyl groups is 3. The van der Waals surface area contributed by atoms with E-state index >= 15 is 0 Å². The van der Waals surface area contributed by atoms with E-state index in [9.17, 15) is 38.1 Å². The third-order valence-electron chi connectivity index (χ3n) is 7.62. The first kappa shape index (κ1) is 33.4. The normalized spacial score (nSPS) is 14.0. The molecule has 6 N–H and O–H groups in total. The fourth-order valence-electron chi connectivity index (χ4n) is 5.55. The van der Waals surface area contributed by atoms with E-state index in [0.29, 0.717) is 58.5 Å². The van der Waals surface area contributed by atoms with Gasteiger partial charge in [0, 0.05) is 49.3 Å². The van der Waals surface area contributed by atoms with Gasteiger partial charge in [-0.2, -0.15) is 9.78 Å². The maximum atomic E-state index is 13.2. The van der Waals surface area contributed by atoms with Crippen molar-refractivity contribution in [2.45, 2.75) is 50.7 Å². The summed E-state index contributed by atoms with van der Waals surface area (Å²) in [4.78, 5) is 31.5. The minimum atomic E-state index is -4.67. The number of alkyl halides is 3. The minimum Gasteiger partial charge on any atom is -0.453 e. The van der Waals surface area contributed by atoms with Crippen LogP contribution in [-0.4, -0.2) is 75.7 Å². The van der Waals surface area contributed by atoms with Gasteiger partial charge >= 0.3 is 24.2 Å². The molecule has 1 fully saturated rings. The Kier molecular flexibility index (Phi) is 9.25. The lowest BCUT2D eigenvalue weighted by atomic mass is 10.1. The molecule has 0 unspecified atom stereocenters. The number of hydrogen-bond acceptors (Lipinski definition) is 11. The van der Waals surface area contributed by atoms with Crippen molar-refractivity contribution in [2.24, 2.45) is 5.73 Å². The van der Waals surface area contributed by atoms with E-state index < -0.39 is 24.2 Å². The van der Waals surface area contributed by atoms with Crippen LogP contribution in [0.2, 0.25) is 0 Å². The van der Waals surface area contributed by atoms with Gasteiger partial charge in [0.1, 0.15) is 11.6 Å². The van der Waals surface area contributed by atoms with Crippen LogP contribution in [0.25, 0.3) is 33.2 Å². The van der Waals surface area contributed by atoms with Crippen molar-refractivity contribution < 1.29 is 42.8 Å². The molecule has 1 aliphatic rings. The summed E-state index contributed by atoms with van der Waals surface area (Å²) in [6, 6.07) is 4.79. The van der Waals surface area contributed by atoms with Crippen LogP contribution >= 0.6 is 0 Å². The average molecular weight is 664 g/mol. The molecular formula is C28H32F3N9O7. The molecule has 16 nitrogen and oxygen atoms in total. The van der Waals surface area contributed by atoms with Crippen LogP contribution in [-0.2, 0) is 28.4 Å². The number of imidazole rings is 1. The van der Waals surface area contributed by atoms with Gasteiger partial charge in [0.25, 0.3) is 0 Å². The van der Waals surface area contributed by atoms with Crippen molar-refractivity contribution >= 4 is 39.8 Å². The van der Waals surface area contributed by atoms with E-state index in [0.717, 1.165) is 25.2 Å². The lowest BCUT2D eigenvalue weighted by Crippen LogP contribution is -2.41. The highest BCUT2D eigenvalue weighted by Crippen LogP contribution is 2.34. The van der Waals surface area contributed by atoms with Crippen molar-refractivity contribution in [3.63, 3.8) is 0 Å². The standard InChI is InChI=1S/C26H27F3N8O5.C2H5NO2/c1-42-9-8-34-14-17(15-11-31-35(13-15)25(27,28)29)23-18(34)6-7-21(33-23)32-22-10-19-20(12-30-22)37(26(39,40)41)24(38)36(19)16-4-2-3-5-16;1-5-2(3)4/h6-7,10-14,16,39-41H,2-5,8-9H2,1H3,(H,30,32,33);1H3,(H2,3,4). The molecule has 5 heterocycles. The molecule has 0 saturated heterocycles. The summed E-state index contributed by atoms with van der Waals surface area (Å²) < 4.78 is 52.4.